The summed E-state index contributed by atoms with van der Waals surface area (Å²) in [5.74, 6) is -0.845. The fourth-order valence-electron chi connectivity index (χ4n) is 3.93. The molecule has 0 radical (unpaired) electrons. The number of fused-ring (bicyclic) bond motifs is 2. The van der Waals surface area contributed by atoms with E-state index in [1.165, 1.54) is 21.2 Å². The van der Waals surface area contributed by atoms with Crippen LogP contribution in [0.4, 0.5) is 11.4 Å². The highest BCUT2D eigenvalue weighted by atomic mass is 35.5. The molecule has 144 valence electrons. The normalized spacial score (nSPS) is 19.0. The molecular formula is C21H25ClN2O2S. The average molecular weight is 405 g/mol. The van der Waals surface area contributed by atoms with Gasteiger partial charge in [-0.15, -0.1) is 12.4 Å². The van der Waals surface area contributed by atoms with Gasteiger partial charge in [-0.1, -0.05) is 36.0 Å². The van der Waals surface area contributed by atoms with E-state index < -0.39 is 5.97 Å². The maximum absolute atomic E-state index is 11.3. The van der Waals surface area contributed by atoms with Crippen LogP contribution in [-0.4, -0.2) is 42.2 Å². The predicted octanol–water partition coefficient (Wildman–Crippen LogP) is 4.90. The molecule has 6 heteroatoms. The van der Waals surface area contributed by atoms with Gasteiger partial charge < -0.3 is 14.9 Å². The zero-order chi connectivity index (χ0) is 17.9. The van der Waals surface area contributed by atoms with Crippen LogP contribution in [0.25, 0.3) is 0 Å². The van der Waals surface area contributed by atoms with Crippen molar-refractivity contribution in [2.45, 2.75) is 29.1 Å². The molecule has 0 saturated carbocycles. The molecule has 2 aromatic rings. The first-order valence-corrected chi connectivity index (χ1v) is 10.1. The lowest BCUT2D eigenvalue weighted by atomic mass is 9.98. The predicted molar refractivity (Wildman–Crippen MR) is 113 cm³/mol. The second-order valence-electron chi connectivity index (χ2n) is 7.02. The molecule has 2 aliphatic heterocycles. The molecule has 0 amide bonds. The summed E-state index contributed by atoms with van der Waals surface area (Å²) in [6, 6.07) is 17.1. The number of anilines is 2. The van der Waals surface area contributed by atoms with E-state index in [0.717, 1.165) is 38.9 Å². The number of hydrogen-bond donors (Lipinski definition) is 1. The Morgan fingerprint density at radius 2 is 1.67 bits per heavy atom. The summed E-state index contributed by atoms with van der Waals surface area (Å²) in [5, 5.41) is 9.27. The average Bonchev–Trinajstić information content (AvgIpc) is 2.67. The van der Waals surface area contributed by atoms with Crippen LogP contribution < -0.4 is 4.90 Å². The van der Waals surface area contributed by atoms with Crippen molar-refractivity contribution in [3.05, 3.63) is 48.5 Å². The first-order valence-electron chi connectivity index (χ1n) is 9.31. The fourth-order valence-corrected chi connectivity index (χ4v) is 5.03. The Bertz CT molecular complexity index is 756. The van der Waals surface area contributed by atoms with E-state index in [9.17, 15) is 9.90 Å². The van der Waals surface area contributed by atoms with E-state index in [0.29, 0.717) is 6.54 Å². The molecule has 4 rings (SSSR count). The Hall–Kier alpha value is -1.69. The second-order valence-corrected chi connectivity index (χ2v) is 8.10. The first-order chi connectivity index (χ1) is 12.7. The van der Waals surface area contributed by atoms with Gasteiger partial charge in [0.25, 0.3) is 0 Å². The van der Waals surface area contributed by atoms with Crippen LogP contribution >= 0.6 is 24.2 Å². The van der Waals surface area contributed by atoms with E-state index in [-0.39, 0.29) is 18.3 Å². The van der Waals surface area contributed by atoms with Gasteiger partial charge in [-0.2, -0.15) is 0 Å². The first kappa shape index (κ1) is 20.1. The van der Waals surface area contributed by atoms with Gasteiger partial charge in [-0.3, -0.25) is 4.79 Å². The van der Waals surface area contributed by atoms with Crippen molar-refractivity contribution >= 4 is 41.5 Å². The van der Waals surface area contributed by atoms with Gasteiger partial charge in [0.1, 0.15) is 0 Å². The number of carboxylic acid groups (broad SMARTS) is 1. The fraction of sp³-hybridized carbons (Fsp3) is 0.381. The van der Waals surface area contributed by atoms with Crippen molar-refractivity contribution in [2.75, 3.05) is 31.1 Å². The minimum atomic E-state index is -0.648. The molecule has 0 aliphatic carbocycles. The van der Waals surface area contributed by atoms with Crippen molar-refractivity contribution in [1.29, 1.82) is 0 Å². The summed E-state index contributed by atoms with van der Waals surface area (Å²) in [4.78, 5) is 18.6. The van der Waals surface area contributed by atoms with E-state index in [1.54, 1.807) is 0 Å². The number of para-hydroxylation sites is 2. The number of hydrogen-bond acceptors (Lipinski definition) is 4. The van der Waals surface area contributed by atoms with Crippen LogP contribution in [0.2, 0.25) is 0 Å². The number of halogens is 1. The van der Waals surface area contributed by atoms with E-state index >= 15 is 0 Å². The molecule has 4 nitrogen and oxygen atoms in total. The number of rotatable bonds is 5. The lowest BCUT2D eigenvalue weighted by molar-refractivity contribution is -0.143. The van der Waals surface area contributed by atoms with Crippen molar-refractivity contribution < 1.29 is 9.90 Å². The molecule has 1 fully saturated rings. The maximum Gasteiger partial charge on any atom is 0.307 e. The van der Waals surface area contributed by atoms with Gasteiger partial charge in [-0.05, 0) is 56.6 Å². The minimum absolute atomic E-state index is 0. The lowest BCUT2D eigenvalue weighted by Crippen LogP contribution is -2.39. The zero-order valence-electron chi connectivity index (χ0n) is 15.2. The number of piperidine rings is 1. The quantitative estimate of drug-likeness (QED) is 0.767. The third-order valence-corrected chi connectivity index (χ3v) is 6.37. The number of aliphatic carboxylic acids is 1. The summed E-state index contributed by atoms with van der Waals surface area (Å²) in [6.07, 6.45) is 2.83. The maximum atomic E-state index is 11.3. The largest absolute Gasteiger partial charge is 0.481 e. The van der Waals surface area contributed by atoms with Crippen molar-refractivity contribution in [2.24, 2.45) is 5.92 Å². The molecule has 0 spiro atoms. The summed E-state index contributed by atoms with van der Waals surface area (Å²) >= 11 is 1.83. The summed E-state index contributed by atoms with van der Waals surface area (Å²) < 4.78 is 0. The number of likely N-dealkylation sites (tertiary alicyclic amines) is 1. The second kappa shape index (κ2) is 9.00. The Kier molecular flexibility index (Phi) is 6.68. The van der Waals surface area contributed by atoms with Crippen molar-refractivity contribution in [3.63, 3.8) is 0 Å². The van der Waals surface area contributed by atoms with Gasteiger partial charge in [0.2, 0.25) is 0 Å². The van der Waals surface area contributed by atoms with Crippen LogP contribution in [0, 0.1) is 5.92 Å². The van der Waals surface area contributed by atoms with Gasteiger partial charge in [0.15, 0.2) is 0 Å². The molecule has 27 heavy (non-hydrogen) atoms. The number of nitrogens with zero attached hydrogens (tertiary/aromatic N) is 2. The molecule has 0 bridgehead atoms. The minimum Gasteiger partial charge on any atom is -0.481 e. The SMILES string of the molecule is Cl.O=C(O)[C@@H]1CCCN(CCCN2c3ccccc3Sc3ccccc32)C1. The topological polar surface area (TPSA) is 43.8 Å². The van der Waals surface area contributed by atoms with Gasteiger partial charge in [-0.25, -0.2) is 0 Å². The van der Waals surface area contributed by atoms with Crippen LogP contribution in [0.5, 0.6) is 0 Å². The molecule has 2 aromatic carbocycles. The van der Waals surface area contributed by atoms with Crippen LogP contribution in [0.15, 0.2) is 58.3 Å². The summed E-state index contributed by atoms with van der Waals surface area (Å²) in [5.41, 5.74) is 2.55. The van der Waals surface area contributed by atoms with Gasteiger partial charge >= 0.3 is 5.97 Å². The lowest BCUT2D eigenvalue weighted by Gasteiger charge is -2.34. The van der Waals surface area contributed by atoms with Crippen LogP contribution in [-0.2, 0) is 4.79 Å². The van der Waals surface area contributed by atoms with E-state index in [4.69, 9.17) is 0 Å². The molecule has 2 heterocycles. The Balaban J connectivity index is 0.00000210. The van der Waals surface area contributed by atoms with Crippen molar-refractivity contribution in [1.82, 2.24) is 4.90 Å². The molecule has 0 aromatic heterocycles. The summed E-state index contributed by atoms with van der Waals surface area (Å²) in [7, 11) is 0. The highest BCUT2D eigenvalue weighted by Crippen LogP contribution is 2.47. The number of benzene rings is 2. The molecule has 2 aliphatic rings. The Labute approximate surface area is 171 Å². The standard InChI is InChI=1S/C21H24N2O2S.ClH/c24-21(25)16-7-5-12-22(15-16)13-6-14-23-17-8-1-3-10-19(17)26-20-11-4-2-9-18(20)23;/h1-4,8-11,16H,5-7,12-15H2,(H,24,25);1H/t16-;/m1./s1. The molecule has 1 atom stereocenters. The number of carbonyl (C=O) groups is 1. The Morgan fingerprint density at radius 3 is 2.30 bits per heavy atom. The van der Waals surface area contributed by atoms with Crippen LogP contribution in [0.3, 0.4) is 0 Å². The monoisotopic (exact) mass is 404 g/mol. The number of carboxylic acids is 1. The molecule has 1 saturated heterocycles. The molecule has 1 N–H and O–H groups in total. The summed E-state index contributed by atoms with van der Waals surface area (Å²) in [6.45, 7) is 3.62. The van der Waals surface area contributed by atoms with Gasteiger partial charge in [0.05, 0.1) is 17.3 Å². The third kappa shape index (κ3) is 4.42. The van der Waals surface area contributed by atoms with E-state index in [1.807, 2.05) is 11.8 Å². The third-order valence-electron chi connectivity index (χ3n) is 5.24. The highest BCUT2D eigenvalue weighted by molar-refractivity contribution is 7.99. The Morgan fingerprint density at radius 1 is 1.04 bits per heavy atom. The zero-order valence-corrected chi connectivity index (χ0v) is 16.8. The molecule has 0 unspecified atom stereocenters. The smallest absolute Gasteiger partial charge is 0.307 e. The van der Waals surface area contributed by atoms with Crippen molar-refractivity contribution in [3.8, 4) is 0 Å². The van der Waals surface area contributed by atoms with Gasteiger partial charge in [0, 0.05) is 22.9 Å². The highest BCUT2D eigenvalue weighted by Gasteiger charge is 2.26. The molecular weight excluding hydrogens is 380 g/mol. The van der Waals surface area contributed by atoms with E-state index in [2.05, 4.69) is 58.3 Å². The van der Waals surface area contributed by atoms with Crippen LogP contribution in [0.1, 0.15) is 19.3 Å².